The fourth-order valence-corrected chi connectivity index (χ4v) is 4.67. The summed E-state index contributed by atoms with van der Waals surface area (Å²) in [6.07, 6.45) is 0.940. The second-order valence-electron chi connectivity index (χ2n) is 8.07. The van der Waals surface area contributed by atoms with E-state index >= 15 is 0 Å². The average molecular weight is 621 g/mol. The first kappa shape index (κ1) is 29.1. The Morgan fingerprint density at radius 3 is 2.37 bits per heavy atom. The van der Waals surface area contributed by atoms with Gasteiger partial charge in [0.25, 0.3) is 0 Å². The van der Waals surface area contributed by atoms with E-state index in [1.54, 1.807) is 13.0 Å². The van der Waals surface area contributed by atoms with Crippen LogP contribution in [0, 0.1) is 5.82 Å². The van der Waals surface area contributed by atoms with Crippen LogP contribution in [0.15, 0.2) is 30.3 Å². The van der Waals surface area contributed by atoms with Gasteiger partial charge in [0.2, 0.25) is 16.0 Å². The predicted molar refractivity (Wildman–Crippen MR) is 141 cm³/mol. The smallest absolute Gasteiger partial charge is 0.305 e. The van der Waals surface area contributed by atoms with E-state index in [4.69, 9.17) is 5.11 Å². The number of benzene rings is 1. The maximum absolute atomic E-state index is 13.6. The minimum absolute atomic E-state index is 0.0180. The number of halogens is 2. The number of sulfonamides is 1. The average Bonchev–Trinajstić information content (AvgIpc) is 2.76. The highest BCUT2D eigenvalue weighted by Crippen LogP contribution is 2.32. The summed E-state index contributed by atoms with van der Waals surface area (Å²) in [5, 5.41) is 29.0. The number of carboxylic acids is 1. The molecule has 0 fully saturated rings. The third-order valence-corrected chi connectivity index (χ3v) is 7.64. The molecule has 1 aromatic carbocycles. The van der Waals surface area contributed by atoms with E-state index < -0.39 is 40.4 Å². The zero-order chi connectivity index (χ0) is 26.3. The first-order valence-electron chi connectivity index (χ1n) is 10.8. The Morgan fingerprint density at radius 2 is 1.86 bits per heavy atom. The van der Waals surface area contributed by atoms with E-state index in [1.807, 2.05) is 6.92 Å². The zero-order valence-electron chi connectivity index (χ0n) is 19.6. The number of nitrogens with zero attached hydrogens (tertiary/aromatic N) is 3. The molecule has 12 heteroatoms. The van der Waals surface area contributed by atoms with Crippen molar-refractivity contribution in [2.24, 2.45) is 0 Å². The molecule has 0 aliphatic carbocycles. The van der Waals surface area contributed by atoms with Crippen LogP contribution in [0.25, 0.3) is 17.3 Å². The van der Waals surface area contributed by atoms with Gasteiger partial charge in [-0.05, 0) is 31.2 Å². The molecule has 1 unspecified atom stereocenters. The topological polar surface area (TPSA) is 141 Å². The fraction of sp³-hybridized carbons (Fsp3) is 0.435. The molecular weight excluding hydrogens is 592 g/mol. The molecule has 3 N–H and O–H groups in total. The van der Waals surface area contributed by atoms with Crippen LogP contribution in [0.4, 0.5) is 10.3 Å². The van der Waals surface area contributed by atoms with E-state index in [1.165, 1.54) is 30.3 Å². The van der Waals surface area contributed by atoms with Crippen LogP contribution in [0.2, 0.25) is 0 Å². The lowest BCUT2D eigenvalue weighted by atomic mass is 9.97. The number of aliphatic carboxylic acids is 1. The summed E-state index contributed by atoms with van der Waals surface area (Å²) in [5.74, 6) is -1.78. The van der Waals surface area contributed by atoms with Gasteiger partial charge in [-0.1, -0.05) is 41.7 Å². The van der Waals surface area contributed by atoms with Crippen LogP contribution in [0.1, 0.15) is 43.9 Å². The van der Waals surface area contributed by atoms with Gasteiger partial charge >= 0.3 is 5.97 Å². The number of aromatic nitrogens is 2. The lowest BCUT2D eigenvalue weighted by Gasteiger charge is -2.23. The molecule has 0 amide bonds. The summed E-state index contributed by atoms with van der Waals surface area (Å²) in [4.78, 5) is 19.9. The third kappa shape index (κ3) is 8.19. The molecule has 1 aromatic heterocycles. The standard InChI is InChI=1S/C23H29FIN3O6S/c1-4-28(35(3,33)34)23-26-21(14(2)13-25)19(10-9-17(29)11-18(30)12-20(31)32)22(27-23)15-5-7-16(24)8-6-15/h5-10,14,17-18,29-30H,4,11-13H2,1-3H3,(H,31,32)/b10-9+/t14?,17-,18-/m1/s1. The Balaban J connectivity index is 2.69. The minimum atomic E-state index is -3.67. The largest absolute Gasteiger partial charge is 0.481 e. The molecule has 3 atom stereocenters. The molecule has 192 valence electrons. The van der Waals surface area contributed by atoms with E-state index in [0.717, 1.165) is 10.6 Å². The van der Waals surface area contributed by atoms with Crippen molar-refractivity contribution in [2.45, 2.75) is 44.8 Å². The SMILES string of the molecule is CCN(c1nc(-c2ccc(F)cc2)c(/C=C/[C@@H](O)C[C@@H](O)CC(=O)O)c(C(C)CI)n1)S(C)(=O)=O. The number of anilines is 1. The molecule has 0 aliphatic rings. The van der Waals surface area contributed by atoms with Crippen molar-refractivity contribution in [2.75, 3.05) is 21.5 Å². The molecule has 1 heterocycles. The Morgan fingerprint density at radius 1 is 1.23 bits per heavy atom. The van der Waals surface area contributed by atoms with Crippen LogP contribution >= 0.6 is 22.6 Å². The van der Waals surface area contributed by atoms with Gasteiger partial charge in [-0.2, -0.15) is 0 Å². The summed E-state index contributed by atoms with van der Waals surface area (Å²) in [6, 6.07) is 5.55. The number of carbonyl (C=O) groups is 1. The van der Waals surface area contributed by atoms with Gasteiger partial charge in [-0.3, -0.25) is 4.79 Å². The van der Waals surface area contributed by atoms with Crippen LogP contribution in [-0.4, -0.2) is 69.1 Å². The van der Waals surface area contributed by atoms with Crippen LogP contribution < -0.4 is 4.31 Å². The highest BCUT2D eigenvalue weighted by Gasteiger charge is 2.25. The monoisotopic (exact) mass is 621 g/mol. The van der Waals surface area contributed by atoms with Crippen molar-refractivity contribution in [3.8, 4) is 11.3 Å². The lowest BCUT2D eigenvalue weighted by molar-refractivity contribution is -0.139. The van der Waals surface area contributed by atoms with Crippen molar-refractivity contribution < 1.29 is 32.9 Å². The van der Waals surface area contributed by atoms with Crippen molar-refractivity contribution in [3.63, 3.8) is 0 Å². The number of aliphatic hydroxyl groups excluding tert-OH is 2. The Kier molecular flexibility index (Phi) is 10.5. The van der Waals surface area contributed by atoms with Gasteiger partial charge in [0.1, 0.15) is 5.82 Å². The van der Waals surface area contributed by atoms with Gasteiger partial charge in [-0.15, -0.1) is 0 Å². The maximum Gasteiger partial charge on any atom is 0.305 e. The second-order valence-corrected chi connectivity index (χ2v) is 10.9. The van der Waals surface area contributed by atoms with Crippen molar-refractivity contribution in [1.82, 2.24) is 9.97 Å². The molecule has 35 heavy (non-hydrogen) atoms. The summed E-state index contributed by atoms with van der Waals surface area (Å²) in [6.45, 7) is 3.68. The fourth-order valence-electron chi connectivity index (χ4n) is 3.40. The molecule has 2 rings (SSSR count). The number of aliphatic hydroxyl groups is 2. The molecule has 0 saturated heterocycles. The highest BCUT2D eigenvalue weighted by atomic mass is 127. The molecular formula is C23H29FIN3O6S. The second kappa shape index (κ2) is 12.7. The Labute approximate surface area is 217 Å². The molecule has 0 bridgehead atoms. The first-order valence-corrected chi connectivity index (χ1v) is 14.2. The number of carboxylic acid groups (broad SMARTS) is 1. The number of rotatable bonds is 12. The van der Waals surface area contributed by atoms with Crippen molar-refractivity contribution in [3.05, 3.63) is 47.4 Å². The third-order valence-electron chi connectivity index (χ3n) is 5.10. The minimum Gasteiger partial charge on any atom is -0.481 e. The van der Waals surface area contributed by atoms with E-state index in [-0.39, 0.29) is 24.8 Å². The van der Waals surface area contributed by atoms with Gasteiger partial charge in [0.05, 0.1) is 36.3 Å². The normalized spacial score (nSPS) is 14.6. The number of hydrogen-bond donors (Lipinski definition) is 3. The summed E-state index contributed by atoms with van der Waals surface area (Å²) in [5.41, 5.74) is 1.89. The maximum atomic E-state index is 13.6. The molecule has 0 saturated carbocycles. The van der Waals surface area contributed by atoms with Crippen LogP contribution in [0.3, 0.4) is 0 Å². The molecule has 2 aromatic rings. The van der Waals surface area contributed by atoms with Crippen LogP contribution in [-0.2, 0) is 14.8 Å². The summed E-state index contributed by atoms with van der Waals surface area (Å²) < 4.78 is 40.1. The Hall–Kier alpha value is -2.16. The van der Waals surface area contributed by atoms with Crippen molar-refractivity contribution in [1.29, 1.82) is 0 Å². The van der Waals surface area contributed by atoms with Gasteiger partial charge < -0.3 is 15.3 Å². The molecule has 0 radical (unpaired) electrons. The molecule has 9 nitrogen and oxygen atoms in total. The molecule has 0 aliphatic heterocycles. The number of alkyl halides is 1. The first-order chi connectivity index (χ1) is 16.4. The van der Waals surface area contributed by atoms with Gasteiger partial charge in [0, 0.05) is 34.4 Å². The van der Waals surface area contributed by atoms with E-state index in [0.29, 0.717) is 26.9 Å². The van der Waals surface area contributed by atoms with Gasteiger partial charge in [0.15, 0.2) is 0 Å². The Bertz CT molecular complexity index is 1160. The summed E-state index contributed by atoms with van der Waals surface area (Å²) >= 11 is 2.18. The molecule has 0 spiro atoms. The van der Waals surface area contributed by atoms with Crippen LogP contribution in [0.5, 0.6) is 0 Å². The predicted octanol–water partition coefficient (Wildman–Crippen LogP) is 3.21. The van der Waals surface area contributed by atoms with E-state index in [2.05, 4.69) is 32.6 Å². The quantitative estimate of drug-likeness (QED) is 0.243. The highest BCUT2D eigenvalue weighted by molar-refractivity contribution is 14.1. The summed E-state index contributed by atoms with van der Waals surface area (Å²) in [7, 11) is -3.67. The number of hydrogen-bond acceptors (Lipinski definition) is 7. The van der Waals surface area contributed by atoms with Gasteiger partial charge in [-0.25, -0.2) is 27.1 Å². The zero-order valence-corrected chi connectivity index (χ0v) is 22.6. The lowest BCUT2D eigenvalue weighted by Crippen LogP contribution is -2.32. The van der Waals surface area contributed by atoms with E-state index in [9.17, 15) is 27.8 Å². The van der Waals surface area contributed by atoms with Crippen molar-refractivity contribution >= 4 is 50.6 Å².